The Labute approximate surface area is 194 Å². The molecule has 2 aliphatic rings. The van der Waals surface area contributed by atoms with Crippen molar-refractivity contribution in [3.63, 3.8) is 0 Å². The van der Waals surface area contributed by atoms with Gasteiger partial charge in [-0.2, -0.15) is 0 Å². The fraction of sp³-hybridized carbons (Fsp3) is 0.500. The SMILES string of the molecule is COc1c(N2CCNCC2)c(F)cc2c(=O)c3c(O)c(C(=O)C(C)(C)C)sc3n(C3CC3)c12. The fourth-order valence-electron chi connectivity index (χ4n) is 4.59. The summed E-state index contributed by atoms with van der Waals surface area (Å²) in [5.74, 6) is -0.733. The number of nitrogens with one attached hydrogen (secondary N) is 1. The molecule has 0 radical (unpaired) electrons. The van der Waals surface area contributed by atoms with Gasteiger partial charge in [0.1, 0.15) is 20.8 Å². The maximum absolute atomic E-state index is 15.5. The molecule has 7 nitrogen and oxygen atoms in total. The summed E-state index contributed by atoms with van der Waals surface area (Å²) in [4.78, 5) is 29.3. The van der Waals surface area contributed by atoms with E-state index in [-0.39, 0.29) is 33.2 Å². The predicted octanol–water partition coefficient (Wildman–Crippen LogP) is 4.04. The van der Waals surface area contributed by atoms with Gasteiger partial charge in [-0.05, 0) is 18.9 Å². The lowest BCUT2D eigenvalue weighted by molar-refractivity contribution is 0.0860. The minimum Gasteiger partial charge on any atom is -0.505 e. The predicted molar refractivity (Wildman–Crippen MR) is 129 cm³/mol. The Hall–Kier alpha value is -2.65. The van der Waals surface area contributed by atoms with Gasteiger partial charge in [-0.15, -0.1) is 11.3 Å². The molecule has 3 heterocycles. The van der Waals surface area contributed by atoms with Crippen molar-refractivity contribution < 1.29 is 19.0 Å². The number of rotatable bonds is 4. The molecule has 0 spiro atoms. The molecule has 5 rings (SSSR count). The smallest absolute Gasteiger partial charge is 0.202 e. The van der Waals surface area contributed by atoms with E-state index >= 15 is 4.39 Å². The van der Waals surface area contributed by atoms with E-state index in [9.17, 15) is 14.7 Å². The van der Waals surface area contributed by atoms with Crippen LogP contribution in [0.25, 0.3) is 21.1 Å². The zero-order chi connectivity index (χ0) is 23.7. The van der Waals surface area contributed by atoms with Crippen LogP contribution in [0.3, 0.4) is 0 Å². The quantitative estimate of drug-likeness (QED) is 0.557. The summed E-state index contributed by atoms with van der Waals surface area (Å²) >= 11 is 1.14. The summed E-state index contributed by atoms with van der Waals surface area (Å²) in [6.45, 7) is 8.04. The molecule has 1 aromatic carbocycles. The normalized spacial score (nSPS) is 17.2. The van der Waals surface area contributed by atoms with E-state index < -0.39 is 16.7 Å². The fourth-order valence-corrected chi connectivity index (χ4v) is 6.01. The lowest BCUT2D eigenvalue weighted by atomic mass is 9.89. The number of ketones is 1. The van der Waals surface area contributed by atoms with E-state index in [1.54, 1.807) is 20.8 Å². The van der Waals surface area contributed by atoms with E-state index in [0.717, 1.165) is 37.3 Å². The molecule has 0 unspecified atom stereocenters. The number of carbonyl (C=O) groups excluding carboxylic acids is 1. The molecule has 1 saturated heterocycles. The number of methoxy groups -OCH3 is 1. The second-order valence-corrected chi connectivity index (χ2v) is 10.8. The number of Topliss-reactive ketones (excluding diaryl/α,β-unsaturated/α-hetero) is 1. The Morgan fingerprint density at radius 1 is 1.27 bits per heavy atom. The zero-order valence-electron chi connectivity index (χ0n) is 19.2. The second-order valence-electron chi connectivity index (χ2n) is 9.84. The third kappa shape index (κ3) is 3.40. The van der Waals surface area contributed by atoms with Crippen LogP contribution >= 0.6 is 11.3 Å². The van der Waals surface area contributed by atoms with Crippen LogP contribution in [0, 0.1) is 11.2 Å². The largest absolute Gasteiger partial charge is 0.505 e. The summed E-state index contributed by atoms with van der Waals surface area (Å²) in [5.41, 5.74) is -0.317. The summed E-state index contributed by atoms with van der Waals surface area (Å²) in [5, 5.41) is 14.5. The second kappa shape index (κ2) is 7.70. The topological polar surface area (TPSA) is 83.8 Å². The van der Waals surface area contributed by atoms with Gasteiger partial charge < -0.3 is 24.6 Å². The van der Waals surface area contributed by atoms with Crippen molar-refractivity contribution in [2.45, 2.75) is 39.7 Å². The number of piperazine rings is 1. The van der Waals surface area contributed by atoms with Crippen molar-refractivity contribution in [3.05, 3.63) is 27.0 Å². The van der Waals surface area contributed by atoms with Gasteiger partial charge in [0.25, 0.3) is 0 Å². The highest BCUT2D eigenvalue weighted by Crippen LogP contribution is 2.49. The number of aromatic hydroxyl groups is 1. The molecule has 0 bridgehead atoms. The van der Waals surface area contributed by atoms with Crippen molar-refractivity contribution in [2.75, 3.05) is 38.2 Å². The number of anilines is 1. The first-order valence-corrected chi connectivity index (χ1v) is 12.1. The van der Waals surface area contributed by atoms with Gasteiger partial charge in [0.2, 0.25) is 5.43 Å². The van der Waals surface area contributed by atoms with E-state index in [0.29, 0.717) is 34.9 Å². The number of hydrogen-bond donors (Lipinski definition) is 2. The van der Waals surface area contributed by atoms with E-state index in [4.69, 9.17) is 4.74 Å². The Bertz CT molecular complexity index is 1340. The highest BCUT2D eigenvalue weighted by molar-refractivity contribution is 7.21. The number of pyridine rings is 1. The number of fused-ring (bicyclic) bond motifs is 2. The van der Waals surface area contributed by atoms with Crippen molar-refractivity contribution in [2.24, 2.45) is 5.41 Å². The number of hydrogen-bond acceptors (Lipinski definition) is 7. The molecule has 1 aliphatic carbocycles. The average Bonchev–Trinajstić information content (AvgIpc) is 3.55. The van der Waals surface area contributed by atoms with Gasteiger partial charge in [-0.25, -0.2) is 4.39 Å². The van der Waals surface area contributed by atoms with Gasteiger partial charge in [0, 0.05) is 37.6 Å². The van der Waals surface area contributed by atoms with Crippen LogP contribution in [0.4, 0.5) is 10.1 Å². The Morgan fingerprint density at radius 3 is 2.52 bits per heavy atom. The average molecular weight is 474 g/mol. The summed E-state index contributed by atoms with van der Waals surface area (Å²) < 4.78 is 23.2. The molecule has 2 aromatic heterocycles. The highest BCUT2D eigenvalue weighted by Gasteiger charge is 2.36. The molecule has 3 aromatic rings. The third-order valence-corrected chi connectivity index (χ3v) is 7.59. The van der Waals surface area contributed by atoms with Crippen LogP contribution < -0.4 is 20.4 Å². The summed E-state index contributed by atoms with van der Waals surface area (Å²) in [6.07, 6.45) is 1.80. The first-order valence-electron chi connectivity index (χ1n) is 11.3. The highest BCUT2D eigenvalue weighted by atomic mass is 32.1. The Kier molecular flexibility index (Phi) is 5.17. The number of aromatic nitrogens is 1. The maximum atomic E-state index is 15.5. The molecule has 33 heavy (non-hydrogen) atoms. The molecular formula is C24H28FN3O4S. The van der Waals surface area contributed by atoms with E-state index in [2.05, 4.69) is 5.32 Å². The number of halogens is 1. The van der Waals surface area contributed by atoms with E-state index in [1.165, 1.54) is 13.2 Å². The molecule has 2 fully saturated rings. The molecule has 2 N–H and O–H groups in total. The van der Waals surface area contributed by atoms with Crippen molar-refractivity contribution in [3.8, 4) is 11.5 Å². The molecule has 176 valence electrons. The molecule has 9 heteroatoms. The van der Waals surface area contributed by atoms with E-state index in [1.807, 2.05) is 9.47 Å². The van der Waals surface area contributed by atoms with Gasteiger partial charge in [-0.3, -0.25) is 9.59 Å². The third-order valence-electron chi connectivity index (χ3n) is 6.42. The Morgan fingerprint density at radius 2 is 1.94 bits per heavy atom. The number of carbonyl (C=O) groups is 1. The van der Waals surface area contributed by atoms with Gasteiger partial charge >= 0.3 is 0 Å². The maximum Gasteiger partial charge on any atom is 0.202 e. The first-order chi connectivity index (χ1) is 15.6. The lowest BCUT2D eigenvalue weighted by Crippen LogP contribution is -2.44. The minimum atomic E-state index is -0.718. The first kappa shape index (κ1) is 22.2. The van der Waals surface area contributed by atoms with Crippen LogP contribution in [-0.2, 0) is 0 Å². The molecular weight excluding hydrogens is 445 g/mol. The van der Waals surface area contributed by atoms with Crippen LogP contribution in [0.1, 0.15) is 49.3 Å². The molecule has 0 amide bonds. The number of ether oxygens (including phenoxy) is 1. The standard InChI is InChI=1S/C24H28FN3O4S/c1-24(2,3)22(31)21-19(30)15-18(29)13-11-14(25)17(27-9-7-26-8-10-27)20(32-4)16(13)28(12-5-6-12)23(15)33-21/h11-12,26,30H,5-10H2,1-4H3. The summed E-state index contributed by atoms with van der Waals surface area (Å²) in [7, 11) is 1.49. The number of thiophene rings is 1. The van der Waals surface area contributed by atoms with Gasteiger partial charge in [-0.1, -0.05) is 20.8 Å². The van der Waals surface area contributed by atoms with Crippen molar-refractivity contribution in [1.29, 1.82) is 0 Å². The lowest BCUT2D eigenvalue weighted by Gasteiger charge is -2.31. The van der Waals surface area contributed by atoms with Crippen LogP contribution in [0.5, 0.6) is 11.5 Å². The molecule has 1 saturated carbocycles. The molecule has 0 atom stereocenters. The monoisotopic (exact) mass is 473 g/mol. The van der Waals surface area contributed by atoms with Crippen molar-refractivity contribution >= 4 is 43.9 Å². The van der Waals surface area contributed by atoms with Crippen LogP contribution in [0.2, 0.25) is 0 Å². The summed E-state index contributed by atoms with van der Waals surface area (Å²) in [6, 6.07) is 1.36. The van der Waals surface area contributed by atoms with Gasteiger partial charge in [0.05, 0.1) is 18.0 Å². The number of benzene rings is 1. The van der Waals surface area contributed by atoms with Crippen LogP contribution in [0.15, 0.2) is 10.9 Å². The minimum absolute atomic E-state index is 0.0865. The number of nitrogens with zero attached hydrogens (tertiary/aromatic N) is 2. The van der Waals surface area contributed by atoms with Gasteiger partial charge in [0.15, 0.2) is 23.1 Å². The molecule has 1 aliphatic heterocycles. The Balaban J connectivity index is 1.90. The van der Waals surface area contributed by atoms with Crippen LogP contribution in [-0.4, -0.2) is 48.7 Å². The zero-order valence-corrected chi connectivity index (χ0v) is 20.1. The van der Waals surface area contributed by atoms with Crippen molar-refractivity contribution in [1.82, 2.24) is 9.88 Å².